The van der Waals surface area contributed by atoms with Crippen LogP contribution in [-0.2, 0) is 0 Å². The van der Waals surface area contributed by atoms with Crippen LogP contribution in [0.1, 0.15) is 5.56 Å². The van der Waals surface area contributed by atoms with Gasteiger partial charge < -0.3 is 9.94 Å². The Hall–Kier alpha value is -1.03. The number of hydrogen-bond donors (Lipinski definition) is 1. The van der Waals surface area contributed by atoms with Crippen LogP contribution >= 0.6 is 15.9 Å². The molecular formula is C8H8BrNO2. The van der Waals surface area contributed by atoms with E-state index in [1.807, 2.05) is 12.1 Å². The van der Waals surface area contributed by atoms with Gasteiger partial charge in [0.2, 0.25) is 0 Å². The van der Waals surface area contributed by atoms with E-state index in [1.165, 1.54) is 6.21 Å². The van der Waals surface area contributed by atoms with E-state index in [0.29, 0.717) is 0 Å². The van der Waals surface area contributed by atoms with Crippen LogP contribution in [0.25, 0.3) is 0 Å². The van der Waals surface area contributed by atoms with Crippen LogP contribution in [0.15, 0.2) is 27.8 Å². The highest BCUT2D eigenvalue weighted by Gasteiger charge is 1.96. The molecule has 64 valence electrons. The molecule has 3 nitrogen and oxygen atoms in total. The van der Waals surface area contributed by atoms with E-state index >= 15 is 0 Å². The summed E-state index contributed by atoms with van der Waals surface area (Å²) in [5.41, 5.74) is 0.781. The van der Waals surface area contributed by atoms with Crippen LogP contribution in [-0.4, -0.2) is 18.5 Å². The number of ether oxygens (including phenoxy) is 1. The van der Waals surface area contributed by atoms with Crippen LogP contribution < -0.4 is 4.74 Å². The Morgan fingerprint density at radius 1 is 1.50 bits per heavy atom. The fourth-order valence-electron chi connectivity index (χ4n) is 0.843. The molecule has 0 saturated carbocycles. The van der Waals surface area contributed by atoms with Gasteiger partial charge in [-0.15, -0.1) is 0 Å². The minimum Gasteiger partial charge on any atom is -0.497 e. The maximum absolute atomic E-state index is 8.29. The highest BCUT2D eigenvalue weighted by Crippen LogP contribution is 2.19. The first-order valence-electron chi connectivity index (χ1n) is 3.28. The number of benzene rings is 1. The van der Waals surface area contributed by atoms with Gasteiger partial charge in [0, 0.05) is 10.0 Å². The molecule has 1 N–H and O–H groups in total. The molecular weight excluding hydrogens is 222 g/mol. The molecule has 0 amide bonds. The van der Waals surface area contributed by atoms with Crippen LogP contribution in [0.3, 0.4) is 0 Å². The van der Waals surface area contributed by atoms with Crippen molar-refractivity contribution in [3.63, 3.8) is 0 Å². The summed E-state index contributed by atoms with van der Waals surface area (Å²) in [6.45, 7) is 0. The Kier molecular flexibility index (Phi) is 3.10. The molecule has 1 aromatic rings. The van der Waals surface area contributed by atoms with E-state index < -0.39 is 0 Å². The highest BCUT2D eigenvalue weighted by atomic mass is 79.9. The number of oxime groups is 1. The lowest BCUT2D eigenvalue weighted by atomic mass is 10.2. The minimum absolute atomic E-state index is 0.722. The average Bonchev–Trinajstić information content (AvgIpc) is 2.04. The smallest absolute Gasteiger partial charge is 0.120 e. The third-order valence-electron chi connectivity index (χ3n) is 1.34. The van der Waals surface area contributed by atoms with Crippen molar-refractivity contribution in [1.29, 1.82) is 0 Å². The van der Waals surface area contributed by atoms with Gasteiger partial charge in [-0.05, 0) is 18.2 Å². The molecule has 0 unspecified atom stereocenters. The van der Waals surface area contributed by atoms with E-state index in [4.69, 9.17) is 9.94 Å². The lowest BCUT2D eigenvalue weighted by Gasteiger charge is -2.01. The molecule has 0 aromatic heterocycles. The van der Waals surface area contributed by atoms with Crippen molar-refractivity contribution in [1.82, 2.24) is 0 Å². The summed E-state index contributed by atoms with van der Waals surface area (Å²) >= 11 is 3.30. The van der Waals surface area contributed by atoms with Gasteiger partial charge in [0.1, 0.15) is 5.75 Å². The van der Waals surface area contributed by atoms with Gasteiger partial charge in [-0.1, -0.05) is 21.1 Å². The molecule has 1 rings (SSSR count). The molecule has 4 heteroatoms. The largest absolute Gasteiger partial charge is 0.497 e. The second kappa shape index (κ2) is 4.11. The van der Waals surface area contributed by atoms with Crippen molar-refractivity contribution in [3.8, 4) is 5.75 Å². The van der Waals surface area contributed by atoms with Crippen molar-refractivity contribution >= 4 is 22.1 Å². The van der Waals surface area contributed by atoms with Gasteiger partial charge in [0.15, 0.2) is 0 Å². The second-order valence-electron chi connectivity index (χ2n) is 2.17. The van der Waals surface area contributed by atoms with E-state index in [2.05, 4.69) is 21.1 Å². The Labute approximate surface area is 78.8 Å². The summed E-state index contributed by atoms with van der Waals surface area (Å²) in [6.07, 6.45) is 1.34. The van der Waals surface area contributed by atoms with Gasteiger partial charge in [0.25, 0.3) is 0 Å². The second-order valence-corrected chi connectivity index (χ2v) is 3.08. The molecule has 0 aliphatic carbocycles. The lowest BCUT2D eigenvalue weighted by Crippen LogP contribution is -1.86. The molecule has 0 fully saturated rings. The maximum atomic E-state index is 8.29. The van der Waals surface area contributed by atoms with Gasteiger partial charge in [0.05, 0.1) is 13.3 Å². The Morgan fingerprint density at radius 3 is 2.83 bits per heavy atom. The minimum atomic E-state index is 0.722. The van der Waals surface area contributed by atoms with Crippen molar-refractivity contribution in [2.24, 2.45) is 5.16 Å². The van der Waals surface area contributed by atoms with Crippen molar-refractivity contribution in [3.05, 3.63) is 28.2 Å². The summed E-state index contributed by atoms with van der Waals surface area (Å²) < 4.78 is 5.89. The monoisotopic (exact) mass is 229 g/mol. The number of halogens is 1. The topological polar surface area (TPSA) is 41.8 Å². The summed E-state index contributed by atoms with van der Waals surface area (Å²) in [6, 6.07) is 5.42. The molecule has 0 aliphatic heterocycles. The van der Waals surface area contributed by atoms with E-state index in [1.54, 1.807) is 13.2 Å². The van der Waals surface area contributed by atoms with Crippen molar-refractivity contribution in [2.75, 3.05) is 7.11 Å². The summed E-state index contributed by atoms with van der Waals surface area (Å²) in [4.78, 5) is 0. The zero-order valence-electron chi connectivity index (χ0n) is 6.49. The fraction of sp³-hybridized carbons (Fsp3) is 0.125. The zero-order valence-corrected chi connectivity index (χ0v) is 8.08. The Morgan fingerprint density at radius 2 is 2.25 bits per heavy atom. The molecule has 12 heavy (non-hydrogen) atoms. The van der Waals surface area contributed by atoms with Crippen LogP contribution in [0, 0.1) is 0 Å². The van der Waals surface area contributed by atoms with Gasteiger partial charge in [-0.25, -0.2) is 0 Å². The zero-order chi connectivity index (χ0) is 8.97. The molecule has 1 aromatic carbocycles. The van der Waals surface area contributed by atoms with E-state index in [-0.39, 0.29) is 0 Å². The summed E-state index contributed by atoms with van der Waals surface area (Å²) in [7, 11) is 1.58. The Balaban J connectivity index is 3.06. The molecule has 0 saturated heterocycles. The number of rotatable bonds is 2. The first-order chi connectivity index (χ1) is 5.76. The number of methoxy groups -OCH3 is 1. The lowest BCUT2D eigenvalue weighted by molar-refractivity contribution is 0.322. The first kappa shape index (κ1) is 9.06. The van der Waals surface area contributed by atoms with Gasteiger partial charge in [-0.2, -0.15) is 0 Å². The highest BCUT2D eigenvalue weighted by molar-refractivity contribution is 9.10. The third kappa shape index (κ3) is 2.23. The van der Waals surface area contributed by atoms with E-state index in [9.17, 15) is 0 Å². The average molecular weight is 230 g/mol. The standard InChI is InChI=1S/C8H8BrNO2/c1-12-8-3-6(5-10-11)2-7(9)4-8/h2-5,11H,1H3. The van der Waals surface area contributed by atoms with Crippen LogP contribution in [0.4, 0.5) is 0 Å². The molecule has 0 spiro atoms. The van der Waals surface area contributed by atoms with Gasteiger partial charge in [-0.3, -0.25) is 0 Å². The summed E-state index contributed by atoms with van der Waals surface area (Å²) in [5, 5.41) is 11.2. The molecule has 0 bridgehead atoms. The molecule has 0 atom stereocenters. The van der Waals surface area contributed by atoms with Crippen LogP contribution in [0.2, 0.25) is 0 Å². The SMILES string of the molecule is COc1cc(Br)cc(C=NO)c1. The number of hydrogen-bond acceptors (Lipinski definition) is 3. The number of nitrogens with zero attached hydrogens (tertiary/aromatic N) is 1. The third-order valence-corrected chi connectivity index (χ3v) is 1.79. The predicted octanol–water partition coefficient (Wildman–Crippen LogP) is 2.27. The fourth-order valence-corrected chi connectivity index (χ4v) is 1.33. The summed E-state index contributed by atoms with van der Waals surface area (Å²) in [5.74, 6) is 0.722. The van der Waals surface area contributed by atoms with E-state index in [0.717, 1.165) is 15.8 Å². The van der Waals surface area contributed by atoms with Crippen molar-refractivity contribution in [2.45, 2.75) is 0 Å². The molecule has 0 aliphatic rings. The first-order valence-corrected chi connectivity index (χ1v) is 4.07. The normalized spacial score (nSPS) is 10.5. The van der Waals surface area contributed by atoms with Gasteiger partial charge >= 0.3 is 0 Å². The molecule has 0 radical (unpaired) electrons. The maximum Gasteiger partial charge on any atom is 0.120 e. The predicted molar refractivity (Wildman–Crippen MR) is 50.1 cm³/mol. The van der Waals surface area contributed by atoms with Crippen LogP contribution in [0.5, 0.6) is 5.75 Å². The molecule has 0 heterocycles. The van der Waals surface area contributed by atoms with Crippen molar-refractivity contribution < 1.29 is 9.94 Å². The Bertz CT molecular complexity index is 299. The quantitative estimate of drug-likeness (QED) is 0.481.